The van der Waals surface area contributed by atoms with Crippen molar-refractivity contribution in [2.75, 3.05) is 31.8 Å². The molecule has 0 spiro atoms. The Balaban J connectivity index is 2.26. The Labute approximate surface area is 116 Å². The molecule has 0 radical (unpaired) electrons. The molecule has 1 fully saturated rings. The third kappa shape index (κ3) is 4.46. The van der Waals surface area contributed by atoms with Crippen LogP contribution in [-0.2, 0) is 4.74 Å². The molecule has 1 aliphatic carbocycles. The van der Waals surface area contributed by atoms with Crippen LogP contribution in [-0.4, -0.2) is 37.3 Å². The van der Waals surface area contributed by atoms with Crippen molar-refractivity contribution in [2.45, 2.75) is 44.6 Å². The van der Waals surface area contributed by atoms with Gasteiger partial charge in [-0.05, 0) is 49.7 Å². The molecule has 0 amide bonds. The Hall–Kier alpha value is -0.240. The van der Waals surface area contributed by atoms with Crippen LogP contribution in [0.25, 0.3) is 0 Å². The summed E-state index contributed by atoms with van der Waals surface area (Å²) in [6.45, 7) is 3.84. The molecule has 1 N–H and O–H groups in total. The van der Waals surface area contributed by atoms with Gasteiger partial charge in [0.15, 0.2) is 0 Å². The fourth-order valence-electron chi connectivity index (χ4n) is 2.84. The van der Waals surface area contributed by atoms with Gasteiger partial charge in [-0.3, -0.25) is 5.32 Å². The van der Waals surface area contributed by atoms with Crippen LogP contribution in [0.1, 0.15) is 39.0 Å². The number of hydrogen-bond acceptors (Lipinski definition) is 4. The molecule has 2 atom stereocenters. The van der Waals surface area contributed by atoms with Gasteiger partial charge in [0, 0.05) is 13.7 Å². The summed E-state index contributed by atoms with van der Waals surface area (Å²) in [4.78, 5) is 0. The highest BCUT2D eigenvalue weighted by Crippen LogP contribution is 2.38. The van der Waals surface area contributed by atoms with Crippen LogP contribution in [0.5, 0.6) is 0 Å². The Morgan fingerprint density at radius 3 is 3.00 bits per heavy atom. The molecule has 0 aromatic carbocycles. The van der Waals surface area contributed by atoms with E-state index in [1.807, 2.05) is 11.8 Å². The lowest BCUT2D eigenvalue weighted by atomic mass is 9.86. The van der Waals surface area contributed by atoms with Crippen molar-refractivity contribution >= 4 is 11.8 Å². The van der Waals surface area contributed by atoms with E-state index >= 15 is 0 Å². The molecule has 0 saturated heterocycles. The maximum absolute atomic E-state index is 9.45. The monoisotopic (exact) mass is 270 g/mol. The molecule has 0 aliphatic heterocycles. The van der Waals surface area contributed by atoms with Gasteiger partial charge in [0.2, 0.25) is 0 Å². The lowest BCUT2D eigenvalue weighted by Crippen LogP contribution is -2.47. The normalized spacial score (nSPS) is 27.3. The standard InChI is InChI=1S/C14H26N2OS/c1-3-16-14(12-15)8-4-6-13(14)7-11-18-10-5-9-17-2/h13,16H,3-11H2,1-2H3. The number of ether oxygens (including phenoxy) is 1. The summed E-state index contributed by atoms with van der Waals surface area (Å²) in [6, 6.07) is 2.55. The van der Waals surface area contributed by atoms with Gasteiger partial charge in [-0.25, -0.2) is 0 Å². The van der Waals surface area contributed by atoms with Gasteiger partial charge in [-0.1, -0.05) is 13.3 Å². The minimum Gasteiger partial charge on any atom is -0.385 e. The van der Waals surface area contributed by atoms with Crippen LogP contribution in [0.15, 0.2) is 0 Å². The van der Waals surface area contributed by atoms with E-state index in [9.17, 15) is 5.26 Å². The van der Waals surface area contributed by atoms with Gasteiger partial charge in [0.1, 0.15) is 5.54 Å². The molecule has 0 aromatic rings. The first-order chi connectivity index (χ1) is 8.79. The summed E-state index contributed by atoms with van der Waals surface area (Å²) in [6.07, 6.45) is 5.72. The number of thioether (sulfide) groups is 1. The molecule has 18 heavy (non-hydrogen) atoms. The first-order valence-electron chi connectivity index (χ1n) is 7.02. The summed E-state index contributed by atoms with van der Waals surface area (Å²) < 4.78 is 5.04. The van der Waals surface area contributed by atoms with Gasteiger partial charge in [0.25, 0.3) is 0 Å². The average molecular weight is 270 g/mol. The van der Waals surface area contributed by atoms with E-state index in [-0.39, 0.29) is 5.54 Å². The molecule has 0 heterocycles. The second-order valence-corrected chi connectivity index (χ2v) is 6.17. The maximum Gasteiger partial charge on any atom is 0.109 e. The number of nitrogens with one attached hydrogen (secondary N) is 1. The van der Waals surface area contributed by atoms with Crippen molar-refractivity contribution in [2.24, 2.45) is 5.92 Å². The van der Waals surface area contributed by atoms with E-state index in [0.29, 0.717) is 5.92 Å². The largest absolute Gasteiger partial charge is 0.385 e. The third-order valence-electron chi connectivity index (χ3n) is 3.76. The van der Waals surface area contributed by atoms with Gasteiger partial charge >= 0.3 is 0 Å². The minimum atomic E-state index is -0.234. The van der Waals surface area contributed by atoms with Crippen LogP contribution in [0.2, 0.25) is 0 Å². The van der Waals surface area contributed by atoms with E-state index in [4.69, 9.17) is 4.74 Å². The molecule has 1 rings (SSSR count). The van der Waals surface area contributed by atoms with Crippen LogP contribution in [0.4, 0.5) is 0 Å². The Morgan fingerprint density at radius 1 is 1.50 bits per heavy atom. The zero-order valence-corrected chi connectivity index (χ0v) is 12.5. The first-order valence-corrected chi connectivity index (χ1v) is 8.17. The van der Waals surface area contributed by atoms with E-state index < -0.39 is 0 Å². The van der Waals surface area contributed by atoms with E-state index in [2.05, 4.69) is 18.3 Å². The zero-order valence-electron chi connectivity index (χ0n) is 11.7. The van der Waals surface area contributed by atoms with Crippen molar-refractivity contribution in [3.05, 3.63) is 0 Å². The van der Waals surface area contributed by atoms with Crippen molar-refractivity contribution in [1.82, 2.24) is 5.32 Å². The molecule has 3 nitrogen and oxygen atoms in total. The van der Waals surface area contributed by atoms with Crippen molar-refractivity contribution < 1.29 is 4.74 Å². The van der Waals surface area contributed by atoms with Crippen LogP contribution < -0.4 is 5.32 Å². The van der Waals surface area contributed by atoms with Crippen molar-refractivity contribution in [1.29, 1.82) is 5.26 Å². The van der Waals surface area contributed by atoms with Gasteiger partial charge in [-0.2, -0.15) is 17.0 Å². The van der Waals surface area contributed by atoms with Gasteiger partial charge in [-0.15, -0.1) is 0 Å². The first kappa shape index (κ1) is 15.8. The summed E-state index contributed by atoms with van der Waals surface area (Å²) >= 11 is 1.99. The van der Waals surface area contributed by atoms with Crippen LogP contribution in [0.3, 0.4) is 0 Å². The predicted molar refractivity (Wildman–Crippen MR) is 77.8 cm³/mol. The molecular weight excluding hydrogens is 244 g/mol. The second-order valence-electron chi connectivity index (χ2n) is 4.95. The summed E-state index contributed by atoms with van der Waals surface area (Å²) in [7, 11) is 1.75. The van der Waals surface area contributed by atoms with Crippen molar-refractivity contribution in [3.63, 3.8) is 0 Å². The number of methoxy groups -OCH3 is 1. The van der Waals surface area contributed by atoms with Crippen molar-refractivity contribution in [3.8, 4) is 6.07 Å². The number of hydrogen-bond donors (Lipinski definition) is 1. The summed E-state index contributed by atoms with van der Waals surface area (Å²) in [5, 5.41) is 12.9. The SMILES string of the molecule is CCNC1(C#N)CCCC1CCSCCCOC. The summed E-state index contributed by atoms with van der Waals surface area (Å²) in [5.74, 6) is 2.88. The fourth-order valence-corrected chi connectivity index (χ4v) is 3.81. The number of nitriles is 1. The molecule has 2 unspecified atom stereocenters. The van der Waals surface area contributed by atoms with Gasteiger partial charge in [0.05, 0.1) is 6.07 Å². The van der Waals surface area contributed by atoms with Crippen LogP contribution >= 0.6 is 11.8 Å². The molecule has 104 valence electrons. The van der Waals surface area contributed by atoms with Crippen LogP contribution in [0, 0.1) is 17.2 Å². The second kappa shape index (κ2) is 8.79. The molecule has 0 bridgehead atoms. The lowest BCUT2D eigenvalue weighted by molar-refractivity contribution is 0.200. The molecule has 1 saturated carbocycles. The molecular formula is C14H26N2OS. The summed E-state index contributed by atoms with van der Waals surface area (Å²) in [5.41, 5.74) is -0.234. The van der Waals surface area contributed by atoms with E-state index in [1.165, 1.54) is 24.3 Å². The van der Waals surface area contributed by atoms with E-state index in [1.54, 1.807) is 7.11 Å². The average Bonchev–Trinajstić information content (AvgIpc) is 2.78. The minimum absolute atomic E-state index is 0.234. The maximum atomic E-state index is 9.45. The fraction of sp³-hybridized carbons (Fsp3) is 0.929. The highest BCUT2D eigenvalue weighted by Gasteiger charge is 2.41. The smallest absolute Gasteiger partial charge is 0.109 e. The molecule has 1 aliphatic rings. The lowest BCUT2D eigenvalue weighted by Gasteiger charge is -2.29. The van der Waals surface area contributed by atoms with Gasteiger partial charge < -0.3 is 4.74 Å². The number of rotatable bonds is 9. The quantitative estimate of drug-likeness (QED) is 0.654. The topological polar surface area (TPSA) is 45.0 Å². The Morgan fingerprint density at radius 2 is 2.33 bits per heavy atom. The highest BCUT2D eigenvalue weighted by atomic mass is 32.2. The molecule has 0 aromatic heterocycles. The Kier molecular flexibility index (Phi) is 7.73. The predicted octanol–water partition coefficient (Wildman–Crippen LogP) is 2.82. The Bertz CT molecular complexity index is 267. The van der Waals surface area contributed by atoms with E-state index in [0.717, 1.165) is 32.4 Å². The third-order valence-corrected chi connectivity index (χ3v) is 4.86. The highest BCUT2D eigenvalue weighted by molar-refractivity contribution is 7.99. The number of nitrogens with zero attached hydrogens (tertiary/aromatic N) is 1. The molecule has 4 heteroatoms. The zero-order chi connectivity index (χ0) is 13.3.